The number of rotatable bonds is 6. The van der Waals surface area contributed by atoms with Crippen molar-refractivity contribution in [2.45, 2.75) is 6.54 Å². The van der Waals surface area contributed by atoms with Crippen LogP contribution in [-0.4, -0.2) is 34.9 Å². The van der Waals surface area contributed by atoms with Gasteiger partial charge in [0.1, 0.15) is 5.75 Å². The molecule has 1 aromatic carbocycles. The van der Waals surface area contributed by atoms with E-state index in [0.29, 0.717) is 5.69 Å². The number of methoxy groups -OCH3 is 2. The maximum absolute atomic E-state index is 11.6. The second-order valence-electron chi connectivity index (χ2n) is 4.66. The van der Waals surface area contributed by atoms with Gasteiger partial charge in [0.25, 0.3) is 5.69 Å². The first-order valence-corrected chi connectivity index (χ1v) is 6.63. The molecule has 1 heterocycles. The lowest BCUT2D eigenvalue weighted by Crippen LogP contribution is -2.08. The topological polar surface area (TPSA) is 109 Å². The van der Waals surface area contributed by atoms with Crippen LogP contribution in [0.5, 0.6) is 5.75 Å². The van der Waals surface area contributed by atoms with Gasteiger partial charge in [-0.1, -0.05) is 0 Å². The van der Waals surface area contributed by atoms with E-state index in [1.165, 1.54) is 20.3 Å². The van der Waals surface area contributed by atoms with Crippen LogP contribution < -0.4 is 10.1 Å². The highest BCUT2D eigenvalue weighted by atomic mass is 16.6. The minimum Gasteiger partial charge on any atom is -0.494 e. The number of esters is 1. The van der Waals surface area contributed by atoms with Gasteiger partial charge in [-0.3, -0.25) is 14.8 Å². The summed E-state index contributed by atoms with van der Waals surface area (Å²) in [5.74, 6) is -0.502. The number of aryl methyl sites for hydroxylation is 1. The fourth-order valence-corrected chi connectivity index (χ4v) is 2.06. The number of hydrogen-bond acceptors (Lipinski definition) is 7. The number of nitro benzene ring substituents is 1. The normalized spacial score (nSPS) is 10.2. The fourth-order valence-electron chi connectivity index (χ4n) is 2.06. The number of nitrogens with zero attached hydrogens (tertiary/aromatic N) is 3. The van der Waals surface area contributed by atoms with Gasteiger partial charge in [-0.2, -0.15) is 5.10 Å². The number of nitrogens with one attached hydrogen (secondary N) is 1. The monoisotopic (exact) mass is 320 g/mol. The summed E-state index contributed by atoms with van der Waals surface area (Å²) < 4.78 is 11.4. The number of hydrogen-bond donors (Lipinski definition) is 1. The van der Waals surface area contributed by atoms with Crippen LogP contribution in [0, 0.1) is 10.1 Å². The molecule has 0 spiro atoms. The number of anilines is 1. The highest BCUT2D eigenvalue weighted by Gasteiger charge is 2.23. The fraction of sp³-hybridized carbons (Fsp3) is 0.286. The molecule has 0 amide bonds. The first-order valence-electron chi connectivity index (χ1n) is 6.63. The largest absolute Gasteiger partial charge is 0.494 e. The van der Waals surface area contributed by atoms with Gasteiger partial charge in [0.2, 0.25) is 0 Å². The molecule has 0 bridgehead atoms. The van der Waals surface area contributed by atoms with E-state index in [2.05, 4.69) is 15.2 Å². The van der Waals surface area contributed by atoms with Crippen molar-refractivity contribution in [3.05, 3.63) is 45.8 Å². The van der Waals surface area contributed by atoms with E-state index in [1.807, 2.05) is 0 Å². The second-order valence-corrected chi connectivity index (χ2v) is 4.66. The van der Waals surface area contributed by atoms with Crippen molar-refractivity contribution in [1.82, 2.24) is 9.78 Å². The average Bonchev–Trinajstić information content (AvgIpc) is 2.96. The molecule has 9 heteroatoms. The number of ether oxygens (including phenoxy) is 2. The molecule has 0 fully saturated rings. The predicted molar refractivity (Wildman–Crippen MR) is 81.5 cm³/mol. The van der Waals surface area contributed by atoms with Gasteiger partial charge in [-0.15, -0.1) is 0 Å². The van der Waals surface area contributed by atoms with Crippen LogP contribution in [0.15, 0.2) is 24.4 Å². The zero-order valence-electron chi connectivity index (χ0n) is 12.9. The van der Waals surface area contributed by atoms with Crippen LogP contribution >= 0.6 is 0 Å². The lowest BCUT2D eigenvalue weighted by molar-refractivity contribution is -0.384. The highest BCUT2D eigenvalue weighted by Crippen LogP contribution is 2.36. The van der Waals surface area contributed by atoms with Crippen LogP contribution in [-0.2, 0) is 18.3 Å². The van der Waals surface area contributed by atoms with Gasteiger partial charge in [0.05, 0.1) is 36.9 Å². The minimum atomic E-state index is -0.678. The number of nitro groups is 1. The first-order chi connectivity index (χ1) is 11.0. The smallest absolute Gasteiger partial charge is 0.338 e. The molecule has 9 nitrogen and oxygen atoms in total. The molecule has 1 aromatic heterocycles. The molecule has 0 aliphatic heterocycles. The molecular weight excluding hydrogens is 304 g/mol. The van der Waals surface area contributed by atoms with E-state index in [-0.39, 0.29) is 29.2 Å². The zero-order valence-corrected chi connectivity index (χ0v) is 12.9. The van der Waals surface area contributed by atoms with Crippen molar-refractivity contribution in [1.29, 1.82) is 0 Å². The Balaban J connectivity index is 2.39. The van der Waals surface area contributed by atoms with Gasteiger partial charge in [0.15, 0.2) is 5.69 Å². The molecule has 122 valence electrons. The Morgan fingerprint density at radius 3 is 2.70 bits per heavy atom. The van der Waals surface area contributed by atoms with Crippen LogP contribution in [0.25, 0.3) is 0 Å². The van der Waals surface area contributed by atoms with Crippen molar-refractivity contribution in [2.24, 2.45) is 7.05 Å². The van der Waals surface area contributed by atoms with Crippen LogP contribution in [0.4, 0.5) is 11.4 Å². The lowest BCUT2D eigenvalue weighted by Gasteiger charge is -2.12. The third kappa shape index (κ3) is 3.57. The van der Waals surface area contributed by atoms with E-state index in [0.717, 1.165) is 6.07 Å². The summed E-state index contributed by atoms with van der Waals surface area (Å²) >= 11 is 0. The molecule has 0 aliphatic rings. The summed E-state index contributed by atoms with van der Waals surface area (Å²) in [7, 11) is 4.34. The molecule has 2 aromatic rings. The molecule has 0 atom stereocenters. The maximum Gasteiger partial charge on any atom is 0.338 e. The zero-order chi connectivity index (χ0) is 17.0. The molecule has 0 saturated carbocycles. The van der Waals surface area contributed by atoms with E-state index in [4.69, 9.17) is 4.74 Å². The van der Waals surface area contributed by atoms with Crippen molar-refractivity contribution in [2.75, 3.05) is 19.5 Å². The van der Waals surface area contributed by atoms with E-state index in [9.17, 15) is 14.9 Å². The van der Waals surface area contributed by atoms with Crippen molar-refractivity contribution in [3.8, 4) is 5.75 Å². The summed E-state index contributed by atoms with van der Waals surface area (Å²) in [4.78, 5) is 22.3. The van der Waals surface area contributed by atoms with Gasteiger partial charge in [-0.05, 0) is 12.1 Å². The summed E-state index contributed by atoms with van der Waals surface area (Å²) in [6.07, 6.45) is 1.77. The molecule has 1 N–H and O–H groups in total. The van der Waals surface area contributed by atoms with Crippen molar-refractivity contribution >= 4 is 17.3 Å². The Hall–Kier alpha value is -3.10. The predicted octanol–water partition coefficient (Wildman–Crippen LogP) is 1.74. The Bertz CT molecular complexity index is 741. The van der Waals surface area contributed by atoms with E-state index in [1.54, 1.807) is 24.0 Å². The minimum absolute atomic E-state index is 0.0411. The Labute approximate surface area is 132 Å². The highest BCUT2D eigenvalue weighted by molar-refractivity contribution is 5.92. The molecule has 0 radical (unpaired) electrons. The summed E-state index contributed by atoms with van der Waals surface area (Å²) in [6, 6.07) is 4.32. The molecule has 2 rings (SSSR count). The second kappa shape index (κ2) is 6.77. The maximum atomic E-state index is 11.6. The van der Waals surface area contributed by atoms with Gasteiger partial charge >= 0.3 is 5.97 Å². The van der Waals surface area contributed by atoms with E-state index >= 15 is 0 Å². The van der Waals surface area contributed by atoms with Crippen molar-refractivity contribution in [3.63, 3.8) is 0 Å². The average molecular weight is 320 g/mol. The van der Waals surface area contributed by atoms with Gasteiger partial charge in [-0.25, -0.2) is 4.79 Å². The Morgan fingerprint density at radius 2 is 2.17 bits per heavy atom. The summed E-state index contributed by atoms with van der Waals surface area (Å²) in [6.45, 7) is 0.273. The number of aromatic nitrogens is 2. The molecule has 0 aliphatic carbocycles. The third-order valence-electron chi connectivity index (χ3n) is 3.13. The number of carbonyl (C=O) groups excluding carboxylic acids is 1. The van der Waals surface area contributed by atoms with Crippen LogP contribution in [0.1, 0.15) is 16.1 Å². The molecule has 0 saturated heterocycles. The van der Waals surface area contributed by atoms with Crippen LogP contribution in [0.2, 0.25) is 0 Å². The molecular formula is C14H16N4O5. The number of carbonyl (C=O) groups is 1. The standard InChI is InChI=1S/C14H16N4O5/c1-17-5-4-10(16-17)8-15-13-11(18(20)21)6-9(14(19)23-3)7-12(13)22-2/h4-7,15H,8H2,1-3H3. The Morgan fingerprint density at radius 1 is 1.43 bits per heavy atom. The summed E-state index contributed by atoms with van der Waals surface area (Å²) in [5.41, 5.74) is 0.650. The van der Waals surface area contributed by atoms with Crippen molar-refractivity contribution < 1.29 is 19.2 Å². The third-order valence-corrected chi connectivity index (χ3v) is 3.13. The quantitative estimate of drug-likeness (QED) is 0.490. The van der Waals surface area contributed by atoms with Crippen LogP contribution in [0.3, 0.4) is 0 Å². The summed E-state index contributed by atoms with van der Waals surface area (Å²) in [5, 5.41) is 18.4. The molecule has 23 heavy (non-hydrogen) atoms. The van der Waals surface area contributed by atoms with Gasteiger partial charge in [0, 0.05) is 19.3 Å². The lowest BCUT2D eigenvalue weighted by atomic mass is 10.1. The van der Waals surface area contributed by atoms with Gasteiger partial charge < -0.3 is 14.8 Å². The first kappa shape index (κ1) is 16.3. The SMILES string of the molecule is COC(=O)c1cc(OC)c(NCc2ccn(C)n2)c([N+](=O)[O-])c1. The van der Waals surface area contributed by atoms with E-state index < -0.39 is 10.9 Å². The molecule has 0 unspecified atom stereocenters. The Kier molecular flexibility index (Phi) is 4.79. The number of benzene rings is 1.